The SMILES string of the molecule is O=C(Nc1cccc(C(F)(F)F)c1)[C@@H]1[C@@H]2C(=O)N(c3cccc4ccccc34)C(=O)[C@@H]2[C@@H]2c3ccccc3C=CN12. The van der Waals surface area contributed by atoms with Crippen LogP contribution in [0.15, 0.2) is 97.2 Å². The molecule has 0 aromatic heterocycles. The first kappa shape index (κ1) is 25.1. The van der Waals surface area contributed by atoms with Crippen LogP contribution in [0.3, 0.4) is 0 Å². The lowest BCUT2D eigenvalue weighted by Gasteiger charge is -2.35. The van der Waals surface area contributed by atoms with Crippen molar-refractivity contribution in [2.75, 3.05) is 10.2 Å². The van der Waals surface area contributed by atoms with Crippen molar-refractivity contribution in [2.24, 2.45) is 11.8 Å². The molecule has 4 aromatic carbocycles. The molecule has 41 heavy (non-hydrogen) atoms. The van der Waals surface area contributed by atoms with Gasteiger partial charge in [0.25, 0.3) is 0 Å². The molecule has 0 bridgehead atoms. The number of halogens is 3. The van der Waals surface area contributed by atoms with E-state index < -0.39 is 53.4 Å². The number of hydrogen-bond donors (Lipinski definition) is 1. The standard InChI is InChI=1S/C32H22F3N3O3/c33-32(34,35)20-10-6-11-21(17-20)36-29(39)28-26-25(27-23-13-4-2-8-19(23)15-16-37(27)28)30(40)38(31(26)41)24-14-5-9-18-7-1-3-12-22(18)24/h1-17,25-28H,(H,36,39)/t25-,26+,27-,28-/m0/s1. The van der Waals surface area contributed by atoms with Crippen LogP contribution in [0.5, 0.6) is 0 Å². The molecule has 4 atom stereocenters. The zero-order valence-corrected chi connectivity index (χ0v) is 21.4. The molecule has 4 aromatic rings. The predicted octanol–water partition coefficient (Wildman–Crippen LogP) is 6.01. The molecule has 2 saturated heterocycles. The lowest BCUT2D eigenvalue weighted by Crippen LogP contribution is -2.46. The minimum Gasteiger partial charge on any atom is -0.357 e. The second-order valence-electron chi connectivity index (χ2n) is 10.4. The minimum absolute atomic E-state index is 0.0473. The Morgan fingerprint density at radius 1 is 0.805 bits per heavy atom. The second-order valence-corrected chi connectivity index (χ2v) is 10.4. The Labute approximate surface area is 232 Å². The number of carbonyl (C=O) groups is 3. The first-order valence-corrected chi connectivity index (χ1v) is 13.1. The molecule has 3 amide bonds. The van der Waals surface area contributed by atoms with Crippen LogP contribution < -0.4 is 10.2 Å². The van der Waals surface area contributed by atoms with Gasteiger partial charge in [-0.25, -0.2) is 4.90 Å². The normalized spacial score (nSPS) is 23.0. The van der Waals surface area contributed by atoms with Crippen LogP contribution in [0.2, 0.25) is 0 Å². The molecule has 9 heteroatoms. The summed E-state index contributed by atoms with van der Waals surface area (Å²) in [5.74, 6) is -3.50. The maximum Gasteiger partial charge on any atom is 0.416 e. The molecule has 2 fully saturated rings. The quantitative estimate of drug-likeness (QED) is 0.316. The number of rotatable bonds is 3. The first-order chi connectivity index (χ1) is 19.7. The van der Waals surface area contributed by atoms with E-state index in [1.54, 1.807) is 23.2 Å². The Balaban J connectivity index is 1.32. The molecule has 3 aliphatic rings. The van der Waals surface area contributed by atoms with Crippen molar-refractivity contribution in [1.29, 1.82) is 0 Å². The molecule has 3 heterocycles. The van der Waals surface area contributed by atoms with E-state index in [1.165, 1.54) is 17.0 Å². The van der Waals surface area contributed by atoms with Gasteiger partial charge in [0.05, 0.1) is 29.1 Å². The number of amides is 3. The number of hydrogen-bond acceptors (Lipinski definition) is 4. The van der Waals surface area contributed by atoms with E-state index in [-0.39, 0.29) is 5.69 Å². The van der Waals surface area contributed by atoms with Crippen LogP contribution in [-0.4, -0.2) is 28.7 Å². The average Bonchev–Trinajstić information content (AvgIpc) is 3.44. The van der Waals surface area contributed by atoms with Crippen molar-refractivity contribution in [2.45, 2.75) is 18.3 Å². The molecule has 3 aliphatic heterocycles. The number of nitrogens with one attached hydrogen (secondary N) is 1. The van der Waals surface area contributed by atoms with Gasteiger partial charge in [-0.2, -0.15) is 13.2 Å². The van der Waals surface area contributed by atoms with E-state index >= 15 is 0 Å². The maximum absolute atomic E-state index is 14.2. The number of carbonyl (C=O) groups excluding carboxylic acids is 3. The molecule has 6 nitrogen and oxygen atoms in total. The van der Waals surface area contributed by atoms with E-state index in [4.69, 9.17) is 0 Å². The number of benzene rings is 4. The molecule has 0 aliphatic carbocycles. The molecule has 204 valence electrons. The fraction of sp³-hybridized carbons (Fsp3) is 0.156. The van der Waals surface area contributed by atoms with Gasteiger partial charge in [0.2, 0.25) is 17.7 Å². The van der Waals surface area contributed by atoms with Crippen molar-refractivity contribution in [3.63, 3.8) is 0 Å². The molecule has 0 saturated carbocycles. The summed E-state index contributed by atoms with van der Waals surface area (Å²) in [4.78, 5) is 45.1. The van der Waals surface area contributed by atoms with Gasteiger partial charge >= 0.3 is 6.18 Å². The smallest absolute Gasteiger partial charge is 0.357 e. The van der Waals surface area contributed by atoms with Gasteiger partial charge in [-0.3, -0.25) is 14.4 Å². The van der Waals surface area contributed by atoms with Crippen molar-refractivity contribution >= 4 is 45.9 Å². The average molecular weight is 554 g/mol. The number of imide groups is 1. The van der Waals surface area contributed by atoms with Gasteiger partial charge in [0, 0.05) is 17.3 Å². The van der Waals surface area contributed by atoms with Crippen molar-refractivity contribution < 1.29 is 27.6 Å². The zero-order chi connectivity index (χ0) is 28.5. The Bertz CT molecular complexity index is 1780. The number of alkyl halides is 3. The summed E-state index contributed by atoms with van der Waals surface area (Å²) in [6, 6.07) is 22.9. The van der Waals surface area contributed by atoms with Crippen LogP contribution in [0.25, 0.3) is 16.8 Å². The minimum atomic E-state index is -4.59. The highest BCUT2D eigenvalue weighted by Gasteiger charge is 2.64. The lowest BCUT2D eigenvalue weighted by molar-refractivity contribution is -0.137. The summed E-state index contributed by atoms with van der Waals surface area (Å²) < 4.78 is 40.0. The fourth-order valence-corrected chi connectivity index (χ4v) is 6.49. The van der Waals surface area contributed by atoms with Crippen molar-refractivity contribution in [3.05, 3.63) is 114 Å². The third-order valence-corrected chi connectivity index (χ3v) is 8.20. The van der Waals surface area contributed by atoms with Gasteiger partial charge in [-0.1, -0.05) is 66.7 Å². The molecule has 1 N–H and O–H groups in total. The number of anilines is 2. The number of nitrogens with zero attached hydrogens (tertiary/aromatic N) is 2. The Hall–Kier alpha value is -4.92. The largest absolute Gasteiger partial charge is 0.416 e. The monoisotopic (exact) mass is 553 g/mol. The molecule has 0 spiro atoms. The summed E-state index contributed by atoms with van der Waals surface area (Å²) >= 11 is 0. The van der Waals surface area contributed by atoms with Crippen molar-refractivity contribution in [3.8, 4) is 0 Å². The maximum atomic E-state index is 14.2. The number of fused-ring (bicyclic) bond motifs is 6. The third-order valence-electron chi connectivity index (χ3n) is 8.20. The van der Waals surface area contributed by atoms with Crippen LogP contribution in [-0.2, 0) is 20.6 Å². The second kappa shape index (κ2) is 9.05. The summed E-state index contributed by atoms with van der Waals surface area (Å²) in [5, 5.41) is 4.17. The van der Waals surface area contributed by atoms with E-state index in [2.05, 4.69) is 5.32 Å². The van der Waals surface area contributed by atoms with Crippen LogP contribution in [0, 0.1) is 11.8 Å². The highest BCUT2D eigenvalue weighted by molar-refractivity contribution is 6.26. The van der Waals surface area contributed by atoms with E-state index in [9.17, 15) is 27.6 Å². The summed E-state index contributed by atoms with van der Waals surface area (Å²) in [7, 11) is 0. The van der Waals surface area contributed by atoms with Gasteiger partial charge in [-0.05, 0) is 46.9 Å². The topological polar surface area (TPSA) is 69.7 Å². The summed E-state index contributed by atoms with van der Waals surface area (Å²) in [5.41, 5.74) is 1.17. The van der Waals surface area contributed by atoms with Gasteiger partial charge in [0.15, 0.2) is 0 Å². The summed E-state index contributed by atoms with van der Waals surface area (Å²) in [6.45, 7) is 0. The Morgan fingerprint density at radius 3 is 2.34 bits per heavy atom. The van der Waals surface area contributed by atoms with E-state index in [1.807, 2.05) is 60.7 Å². The molecule has 7 rings (SSSR count). The highest BCUT2D eigenvalue weighted by atomic mass is 19.4. The molecule has 0 radical (unpaired) electrons. The lowest BCUT2D eigenvalue weighted by atomic mass is 9.84. The van der Waals surface area contributed by atoms with Gasteiger partial charge < -0.3 is 10.2 Å². The van der Waals surface area contributed by atoms with Gasteiger partial charge in [0.1, 0.15) is 6.04 Å². The zero-order valence-electron chi connectivity index (χ0n) is 21.4. The highest BCUT2D eigenvalue weighted by Crippen LogP contribution is 2.53. The van der Waals surface area contributed by atoms with Gasteiger partial charge in [-0.15, -0.1) is 0 Å². The Morgan fingerprint density at radius 2 is 1.51 bits per heavy atom. The van der Waals surface area contributed by atoms with E-state index in [0.717, 1.165) is 34.0 Å². The first-order valence-electron chi connectivity index (χ1n) is 13.1. The Kier molecular flexibility index (Phi) is 5.54. The fourth-order valence-electron chi connectivity index (χ4n) is 6.49. The van der Waals surface area contributed by atoms with Crippen LogP contribution in [0.4, 0.5) is 24.5 Å². The predicted molar refractivity (Wildman–Crippen MR) is 147 cm³/mol. The molecular formula is C32H22F3N3O3. The van der Waals surface area contributed by atoms with Crippen LogP contribution in [0.1, 0.15) is 22.7 Å². The van der Waals surface area contributed by atoms with Crippen molar-refractivity contribution in [1.82, 2.24) is 4.90 Å². The molecule has 0 unspecified atom stereocenters. The third kappa shape index (κ3) is 3.83. The van der Waals surface area contributed by atoms with E-state index in [0.29, 0.717) is 5.69 Å². The van der Waals surface area contributed by atoms with Crippen LogP contribution >= 0.6 is 0 Å². The summed E-state index contributed by atoms with van der Waals surface area (Å²) in [6.07, 6.45) is -1.07. The molecular weight excluding hydrogens is 531 g/mol.